The molecule has 0 aromatic heterocycles. The molecule has 1 aliphatic heterocycles. The molecule has 27 heavy (non-hydrogen) atoms. The first-order valence-electron chi connectivity index (χ1n) is 8.14. The number of hydrogen-bond donors (Lipinski definition) is 1. The van der Waals surface area contributed by atoms with Crippen molar-refractivity contribution in [1.82, 2.24) is 4.31 Å². The van der Waals surface area contributed by atoms with E-state index in [4.69, 9.17) is 11.6 Å². The molecule has 0 unspecified atom stereocenters. The topological polar surface area (TPSA) is 110 Å². The lowest BCUT2D eigenvalue weighted by molar-refractivity contribution is -0.385. The van der Waals surface area contributed by atoms with Crippen molar-refractivity contribution >= 4 is 38.9 Å². The van der Waals surface area contributed by atoms with Gasteiger partial charge in [-0.15, -0.1) is 0 Å². The number of nitro benzene ring substituents is 1. The number of nitrogens with one attached hydrogen (secondary N) is 1. The minimum Gasteiger partial charge on any atom is -0.322 e. The first-order valence-corrected chi connectivity index (χ1v) is 9.96. The van der Waals surface area contributed by atoms with Crippen LogP contribution in [0.1, 0.15) is 23.2 Å². The highest BCUT2D eigenvalue weighted by Gasteiger charge is 2.27. The van der Waals surface area contributed by atoms with Crippen molar-refractivity contribution in [3.05, 3.63) is 63.2 Å². The predicted molar refractivity (Wildman–Crippen MR) is 100 cm³/mol. The molecule has 0 radical (unpaired) electrons. The van der Waals surface area contributed by atoms with Crippen molar-refractivity contribution in [3.8, 4) is 0 Å². The molecule has 10 heteroatoms. The van der Waals surface area contributed by atoms with Crippen LogP contribution in [0.2, 0.25) is 5.02 Å². The minimum atomic E-state index is -3.54. The fraction of sp³-hybridized carbons (Fsp3) is 0.235. The van der Waals surface area contributed by atoms with Gasteiger partial charge < -0.3 is 5.32 Å². The number of carbonyl (C=O) groups excluding carboxylic acids is 1. The smallest absolute Gasteiger partial charge is 0.283 e. The Labute approximate surface area is 160 Å². The van der Waals surface area contributed by atoms with Crippen LogP contribution in [0.3, 0.4) is 0 Å². The van der Waals surface area contributed by atoms with Crippen LogP contribution in [-0.2, 0) is 10.0 Å². The van der Waals surface area contributed by atoms with E-state index in [0.29, 0.717) is 18.8 Å². The van der Waals surface area contributed by atoms with Crippen LogP contribution in [-0.4, -0.2) is 36.6 Å². The second kappa shape index (κ2) is 7.63. The third kappa shape index (κ3) is 4.10. The SMILES string of the molecule is O=C(Nc1ccc(S(=O)(=O)N2CCCC2)cc1)c1ccc(Cl)cc1[N+](=O)[O-]. The van der Waals surface area contributed by atoms with Gasteiger partial charge in [0, 0.05) is 29.9 Å². The molecule has 1 N–H and O–H groups in total. The number of carbonyl (C=O) groups is 1. The Morgan fingerprint density at radius 3 is 2.33 bits per heavy atom. The van der Waals surface area contributed by atoms with Gasteiger partial charge in [0.2, 0.25) is 10.0 Å². The molecule has 1 amide bonds. The van der Waals surface area contributed by atoms with Gasteiger partial charge in [0.05, 0.1) is 9.82 Å². The zero-order valence-electron chi connectivity index (χ0n) is 14.1. The van der Waals surface area contributed by atoms with E-state index in [2.05, 4.69) is 5.32 Å². The van der Waals surface area contributed by atoms with Crippen LogP contribution >= 0.6 is 11.6 Å². The summed E-state index contributed by atoms with van der Waals surface area (Å²) in [6.45, 7) is 1.00. The van der Waals surface area contributed by atoms with Crippen molar-refractivity contribution in [2.24, 2.45) is 0 Å². The average Bonchev–Trinajstić information content (AvgIpc) is 3.17. The van der Waals surface area contributed by atoms with E-state index in [9.17, 15) is 23.3 Å². The van der Waals surface area contributed by atoms with Gasteiger partial charge in [-0.1, -0.05) is 11.6 Å². The van der Waals surface area contributed by atoms with Crippen LogP contribution in [0.25, 0.3) is 0 Å². The molecule has 142 valence electrons. The molecule has 1 saturated heterocycles. The monoisotopic (exact) mass is 409 g/mol. The zero-order valence-corrected chi connectivity index (χ0v) is 15.7. The molecule has 2 aromatic carbocycles. The van der Waals surface area contributed by atoms with Crippen molar-refractivity contribution in [1.29, 1.82) is 0 Å². The van der Waals surface area contributed by atoms with Crippen LogP contribution in [0.5, 0.6) is 0 Å². The molecular formula is C17H16ClN3O5S. The summed E-state index contributed by atoms with van der Waals surface area (Å²) in [5, 5.41) is 13.8. The Hall–Kier alpha value is -2.49. The third-order valence-corrected chi connectivity index (χ3v) is 6.36. The number of sulfonamides is 1. The first-order chi connectivity index (χ1) is 12.8. The van der Waals surface area contributed by atoms with E-state index in [1.165, 1.54) is 40.7 Å². The van der Waals surface area contributed by atoms with Gasteiger partial charge >= 0.3 is 0 Å². The lowest BCUT2D eigenvalue weighted by atomic mass is 10.1. The Kier molecular flexibility index (Phi) is 5.45. The van der Waals surface area contributed by atoms with Gasteiger partial charge in [0.25, 0.3) is 11.6 Å². The number of rotatable bonds is 5. The second-order valence-electron chi connectivity index (χ2n) is 6.01. The highest BCUT2D eigenvalue weighted by molar-refractivity contribution is 7.89. The number of nitro groups is 1. The minimum absolute atomic E-state index is 0.139. The van der Waals surface area contributed by atoms with E-state index >= 15 is 0 Å². The maximum absolute atomic E-state index is 12.5. The van der Waals surface area contributed by atoms with Gasteiger partial charge in [-0.2, -0.15) is 4.31 Å². The van der Waals surface area contributed by atoms with Crippen molar-refractivity contribution in [3.63, 3.8) is 0 Å². The van der Waals surface area contributed by atoms with Gasteiger partial charge in [0.1, 0.15) is 5.56 Å². The fourth-order valence-electron chi connectivity index (χ4n) is 2.83. The maximum atomic E-state index is 12.5. The number of anilines is 1. The molecule has 0 bridgehead atoms. The lowest BCUT2D eigenvalue weighted by Gasteiger charge is -2.15. The number of nitrogens with zero attached hydrogens (tertiary/aromatic N) is 2. The van der Waals surface area contributed by atoms with E-state index < -0.39 is 26.5 Å². The molecule has 2 aromatic rings. The Bertz CT molecular complexity index is 986. The summed E-state index contributed by atoms with van der Waals surface area (Å²) in [5.74, 6) is -0.687. The molecule has 3 rings (SSSR count). The third-order valence-electron chi connectivity index (χ3n) is 4.22. The summed E-state index contributed by atoms with van der Waals surface area (Å²) >= 11 is 5.74. The number of halogens is 1. The number of amides is 1. The summed E-state index contributed by atoms with van der Waals surface area (Å²) in [5.41, 5.74) is -0.226. The Morgan fingerprint density at radius 1 is 1.11 bits per heavy atom. The summed E-state index contributed by atoms with van der Waals surface area (Å²) in [6.07, 6.45) is 1.68. The van der Waals surface area contributed by atoms with Crippen LogP contribution in [0.15, 0.2) is 47.4 Å². The highest BCUT2D eigenvalue weighted by Crippen LogP contribution is 2.25. The van der Waals surface area contributed by atoms with E-state index in [0.717, 1.165) is 18.9 Å². The molecular weight excluding hydrogens is 394 g/mol. The van der Waals surface area contributed by atoms with Gasteiger partial charge in [-0.25, -0.2) is 8.42 Å². The number of hydrogen-bond acceptors (Lipinski definition) is 5. The van der Waals surface area contributed by atoms with E-state index in [1.54, 1.807) is 0 Å². The average molecular weight is 410 g/mol. The van der Waals surface area contributed by atoms with Crippen LogP contribution < -0.4 is 5.32 Å². The molecule has 1 heterocycles. The number of benzene rings is 2. The standard InChI is InChI=1S/C17H16ClN3O5S/c18-12-3-8-15(16(11-12)21(23)24)17(22)19-13-4-6-14(7-5-13)27(25,26)20-9-1-2-10-20/h3-8,11H,1-2,9-10H2,(H,19,22). The van der Waals surface area contributed by atoms with E-state index in [-0.39, 0.29) is 15.5 Å². The molecule has 1 fully saturated rings. The molecule has 0 atom stereocenters. The predicted octanol–water partition coefficient (Wildman–Crippen LogP) is 3.29. The summed E-state index contributed by atoms with van der Waals surface area (Å²) < 4.78 is 26.4. The summed E-state index contributed by atoms with van der Waals surface area (Å²) in [7, 11) is -3.54. The van der Waals surface area contributed by atoms with Gasteiger partial charge in [-0.05, 0) is 49.2 Å². The van der Waals surface area contributed by atoms with Crippen molar-refractivity contribution in [2.75, 3.05) is 18.4 Å². The largest absolute Gasteiger partial charge is 0.322 e. The molecule has 8 nitrogen and oxygen atoms in total. The first kappa shape index (κ1) is 19.3. The van der Waals surface area contributed by atoms with Crippen molar-refractivity contribution in [2.45, 2.75) is 17.7 Å². The van der Waals surface area contributed by atoms with Crippen LogP contribution in [0.4, 0.5) is 11.4 Å². The zero-order chi connectivity index (χ0) is 19.6. The molecule has 1 aliphatic rings. The second-order valence-corrected chi connectivity index (χ2v) is 8.38. The quantitative estimate of drug-likeness (QED) is 0.601. The van der Waals surface area contributed by atoms with Crippen molar-refractivity contribution < 1.29 is 18.1 Å². The fourth-order valence-corrected chi connectivity index (χ4v) is 4.52. The summed E-state index contributed by atoms with van der Waals surface area (Å²) in [6, 6.07) is 9.45. The highest BCUT2D eigenvalue weighted by atomic mass is 35.5. The van der Waals surface area contributed by atoms with Gasteiger partial charge in [-0.3, -0.25) is 14.9 Å². The van der Waals surface area contributed by atoms with Gasteiger partial charge in [0.15, 0.2) is 0 Å². The maximum Gasteiger partial charge on any atom is 0.283 e. The normalized spacial score (nSPS) is 14.9. The lowest BCUT2D eigenvalue weighted by Crippen LogP contribution is -2.27. The van der Waals surface area contributed by atoms with E-state index in [1.807, 2.05) is 0 Å². The van der Waals surface area contributed by atoms with Crippen LogP contribution in [0, 0.1) is 10.1 Å². The Morgan fingerprint density at radius 2 is 1.74 bits per heavy atom. The molecule has 0 aliphatic carbocycles. The summed E-state index contributed by atoms with van der Waals surface area (Å²) in [4.78, 5) is 22.9. The Balaban J connectivity index is 1.79. The molecule has 0 spiro atoms. The molecule has 0 saturated carbocycles.